The van der Waals surface area contributed by atoms with Crippen LogP contribution in [0.25, 0.3) is 0 Å². The van der Waals surface area contributed by atoms with Gasteiger partial charge in [-0.05, 0) is 53.5 Å². The number of aryl methyl sites for hydroxylation is 1. The molecule has 0 amide bonds. The molecule has 1 saturated heterocycles. The first-order valence-corrected chi connectivity index (χ1v) is 7.98. The molecule has 1 N–H and O–H groups in total. The third kappa shape index (κ3) is 4.82. The van der Waals surface area contributed by atoms with E-state index in [1.807, 2.05) is 0 Å². The largest absolute Gasteiger partial charge is 0.368 e. The lowest BCUT2D eigenvalue weighted by molar-refractivity contribution is 0.0550. The van der Waals surface area contributed by atoms with Crippen molar-refractivity contribution < 1.29 is 4.74 Å². The molecule has 2 rings (SSSR count). The highest BCUT2D eigenvalue weighted by Crippen LogP contribution is 2.33. The van der Waals surface area contributed by atoms with Gasteiger partial charge in [0.15, 0.2) is 0 Å². The number of nitrogens with zero attached hydrogens (tertiary/aromatic N) is 2. The average molecular weight is 283 g/mol. The minimum Gasteiger partial charge on any atom is -0.368 e. The van der Waals surface area contributed by atoms with Crippen molar-refractivity contribution in [1.82, 2.24) is 15.5 Å². The average Bonchev–Trinajstić information content (AvgIpc) is 2.92. The first kappa shape index (κ1) is 14.9. The summed E-state index contributed by atoms with van der Waals surface area (Å²) in [5, 5.41) is 14.2. The maximum Gasteiger partial charge on any atom is 0.146 e. The Morgan fingerprint density at radius 3 is 2.74 bits per heavy atom. The molecule has 0 spiro atoms. The molecule has 0 saturated carbocycles. The van der Waals surface area contributed by atoms with Gasteiger partial charge in [-0.25, -0.2) is 0 Å². The highest BCUT2D eigenvalue weighted by Gasteiger charge is 2.26. The highest BCUT2D eigenvalue weighted by atomic mass is 32.1. The number of hydrogen-bond acceptors (Lipinski definition) is 5. The predicted octanol–water partition coefficient (Wildman–Crippen LogP) is 3.10. The minimum atomic E-state index is 0.189. The number of ether oxygens (including phenoxy) is 1. The van der Waals surface area contributed by atoms with Crippen molar-refractivity contribution in [2.75, 3.05) is 6.54 Å². The van der Waals surface area contributed by atoms with Gasteiger partial charge >= 0.3 is 0 Å². The third-order valence-corrected chi connectivity index (χ3v) is 4.29. The Morgan fingerprint density at radius 1 is 1.32 bits per heavy atom. The van der Waals surface area contributed by atoms with E-state index in [9.17, 15) is 0 Å². The van der Waals surface area contributed by atoms with Crippen LogP contribution in [0.5, 0.6) is 0 Å². The van der Waals surface area contributed by atoms with Crippen LogP contribution in [0.1, 0.15) is 63.1 Å². The van der Waals surface area contributed by atoms with Gasteiger partial charge in [0.05, 0.1) is 6.10 Å². The predicted molar refractivity (Wildman–Crippen MR) is 78.5 cm³/mol. The molecule has 5 heteroatoms. The Balaban J connectivity index is 1.75. The van der Waals surface area contributed by atoms with E-state index in [1.165, 1.54) is 0 Å². The van der Waals surface area contributed by atoms with Crippen molar-refractivity contribution in [2.45, 2.75) is 71.1 Å². The Morgan fingerprint density at radius 2 is 2.11 bits per heavy atom. The van der Waals surface area contributed by atoms with E-state index in [-0.39, 0.29) is 11.6 Å². The first-order valence-electron chi connectivity index (χ1n) is 7.17. The molecule has 2 atom stereocenters. The Hall–Kier alpha value is -0.520. The molecule has 108 valence electrons. The molecule has 0 aliphatic carbocycles. The van der Waals surface area contributed by atoms with Gasteiger partial charge in [-0.2, -0.15) is 0 Å². The van der Waals surface area contributed by atoms with Crippen LogP contribution >= 0.6 is 11.3 Å². The smallest absolute Gasteiger partial charge is 0.146 e. The molecule has 0 aromatic carbocycles. The van der Waals surface area contributed by atoms with Gasteiger partial charge in [-0.1, -0.05) is 11.3 Å². The number of nitrogens with one attached hydrogen (secondary N) is 1. The summed E-state index contributed by atoms with van der Waals surface area (Å²) in [6, 6.07) is 0. The maximum absolute atomic E-state index is 5.83. The van der Waals surface area contributed by atoms with Gasteiger partial charge in [0, 0.05) is 12.0 Å². The highest BCUT2D eigenvalue weighted by molar-refractivity contribution is 7.11. The van der Waals surface area contributed by atoms with Gasteiger partial charge in [0.25, 0.3) is 0 Å². The Bertz CT molecular complexity index is 400. The van der Waals surface area contributed by atoms with Crippen LogP contribution < -0.4 is 5.32 Å². The minimum absolute atomic E-state index is 0.189. The van der Waals surface area contributed by atoms with Crippen LogP contribution in [0.3, 0.4) is 0 Å². The van der Waals surface area contributed by atoms with Gasteiger partial charge in [0.2, 0.25) is 0 Å². The van der Waals surface area contributed by atoms with Gasteiger partial charge in [-0.15, -0.1) is 10.2 Å². The zero-order valence-electron chi connectivity index (χ0n) is 12.4. The van der Waals surface area contributed by atoms with Crippen LogP contribution in [0.4, 0.5) is 0 Å². The first-order chi connectivity index (χ1) is 8.94. The van der Waals surface area contributed by atoms with Crippen molar-refractivity contribution in [3.63, 3.8) is 0 Å². The molecular formula is C14H25N3OS. The molecule has 2 unspecified atom stereocenters. The quantitative estimate of drug-likeness (QED) is 0.844. The van der Waals surface area contributed by atoms with Crippen molar-refractivity contribution in [3.8, 4) is 0 Å². The van der Waals surface area contributed by atoms with Gasteiger partial charge in [-0.3, -0.25) is 0 Å². The molecular weight excluding hydrogens is 258 g/mol. The fourth-order valence-corrected chi connectivity index (χ4v) is 3.14. The normalized spacial score (nSPS) is 24.0. The van der Waals surface area contributed by atoms with Crippen molar-refractivity contribution in [2.24, 2.45) is 0 Å². The van der Waals surface area contributed by atoms with E-state index in [1.54, 1.807) is 11.3 Å². The molecule has 0 bridgehead atoms. The summed E-state index contributed by atoms with van der Waals surface area (Å²) in [6.45, 7) is 9.72. The number of aromatic nitrogens is 2. The van der Waals surface area contributed by atoms with Crippen LogP contribution in [-0.2, 0) is 11.2 Å². The van der Waals surface area contributed by atoms with Gasteiger partial charge in [0.1, 0.15) is 16.1 Å². The lowest BCUT2D eigenvalue weighted by Gasteiger charge is -2.20. The summed E-state index contributed by atoms with van der Waals surface area (Å²) < 4.78 is 5.83. The van der Waals surface area contributed by atoms with Crippen molar-refractivity contribution in [1.29, 1.82) is 0 Å². The summed E-state index contributed by atoms with van der Waals surface area (Å²) in [7, 11) is 0. The van der Waals surface area contributed by atoms with Crippen molar-refractivity contribution >= 4 is 11.3 Å². The van der Waals surface area contributed by atoms with E-state index < -0.39 is 0 Å². The molecule has 1 aliphatic rings. The maximum atomic E-state index is 5.83. The lowest BCUT2D eigenvalue weighted by atomic mass is 10.1. The Kier molecular flexibility index (Phi) is 4.92. The molecule has 2 heterocycles. The molecule has 1 aromatic heterocycles. The van der Waals surface area contributed by atoms with E-state index in [2.05, 4.69) is 43.2 Å². The molecule has 4 nitrogen and oxygen atoms in total. The summed E-state index contributed by atoms with van der Waals surface area (Å²) in [5.74, 6) is 0. The van der Waals surface area contributed by atoms with E-state index >= 15 is 0 Å². The van der Waals surface area contributed by atoms with Crippen LogP contribution in [0.15, 0.2) is 0 Å². The monoisotopic (exact) mass is 283 g/mol. The van der Waals surface area contributed by atoms with E-state index in [4.69, 9.17) is 4.74 Å². The summed E-state index contributed by atoms with van der Waals surface area (Å²) >= 11 is 1.72. The SMILES string of the molecule is CC1CCC(c2nnc(CCCNC(C)(C)C)s2)O1. The summed E-state index contributed by atoms with van der Waals surface area (Å²) in [5.41, 5.74) is 0.195. The zero-order valence-corrected chi connectivity index (χ0v) is 13.2. The number of rotatable bonds is 5. The molecule has 0 radical (unpaired) electrons. The third-order valence-electron chi connectivity index (χ3n) is 3.21. The molecule has 1 aliphatic heterocycles. The second kappa shape index (κ2) is 6.29. The number of hydrogen-bond donors (Lipinski definition) is 1. The van der Waals surface area contributed by atoms with E-state index in [0.29, 0.717) is 6.10 Å². The second-order valence-corrected chi connectivity index (χ2v) is 7.42. The topological polar surface area (TPSA) is 47.0 Å². The fraction of sp³-hybridized carbons (Fsp3) is 0.857. The standard InChI is InChI=1S/C14H25N3OS/c1-10-7-8-11(18-10)13-17-16-12(19-13)6-5-9-15-14(2,3)4/h10-11,15H,5-9H2,1-4H3. The zero-order chi connectivity index (χ0) is 13.9. The fourth-order valence-electron chi connectivity index (χ4n) is 2.18. The van der Waals surface area contributed by atoms with Crippen LogP contribution in [0.2, 0.25) is 0 Å². The van der Waals surface area contributed by atoms with E-state index in [0.717, 1.165) is 42.2 Å². The Labute approximate surface area is 120 Å². The summed E-state index contributed by atoms with van der Waals surface area (Å²) in [4.78, 5) is 0. The summed E-state index contributed by atoms with van der Waals surface area (Å²) in [6.07, 6.45) is 4.88. The molecule has 1 aromatic rings. The van der Waals surface area contributed by atoms with Crippen LogP contribution in [-0.4, -0.2) is 28.4 Å². The second-order valence-electron chi connectivity index (χ2n) is 6.33. The lowest BCUT2D eigenvalue weighted by Crippen LogP contribution is -2.36. The van der Waals surface area contributed by atoms with Gasteiger partial charge < -0.3 is 10.1 Å². The molecule has 1 fully saturated rings. The molecule has 19 heavy (non-hydrogen) atoms. The van der Waals surface area contributed by atoms with Crippen molar-refractivity contribution in [3.05, 3.63) is 10.0 Å². The van der Waals surface area contributed by atoms with Crippen LogP contribution in [0, 0.1) is 0 Å².